The van der Waals surface area contributed by atoms with Gasteiger partial charge in [0, 0.05) is 16.4 Å². The van der Waals surface area contributed by atoms with E-state index < -0.39 is 6.04 Å². The fraction of sp³-hybridized carbons (Fsp3) is 0.529. The van der Waals surface area contributed by atoms with Crippen LogP contribution in [0.3, 0.4) is 0 Å². The molecule has 0 unspecified atom stereocenters. The third kappa shape index (κ3) is 2.22. The van der Waals surface area contributed by atoms with Crippen molar-refractivity contribution in [3.8, 4) is 0 Å². The van der Waals surface area contributed by atoms with E-state index in [-0.39, 0.29) is 28.0 Å². The Morgan fingerprint density at radius 3 is 2.77 bits per heavy atom. The molecule has 2 heterocycles. The van der Waals surface area contributed by atoms with Gasteiger partial charge in [0.15, 0.2) is 0 Å². The molecule has 2 aliphatic rings. The fourth-order valence-corrected chi connectivity index (χ4v) is 4.82. The molecule has 0 bridgehead atoms. The van der Waals surface area contributed by atoms with Crippen LogP contribution in [0.15, 0.2) is 24.3 Å². The summed E-state index contributed by atoms with van der Waals surface area (Å²) in [5, 5.41) is 2.99. The monoisotopic (exact) mass is 318 g/mol. The van der Waals surface area contributed by atoms with Crippen LogP contribution in [0.4, 0.5) is 0 Å². The third-order valence-electron chi connectivity index (χ3n) is 4.55. The van der Waals surface area contributed by atoms with Gasteiger partial charge in [0.2, 0.25) is 5.91 Å². The van der Waals surface area contributed by atoms with Gasteiger partial charge in [-0.25, -0.2) is 0 Å². The Kier molecular flexibility index (Phi) is 3.71. The standard InChI is InChI=1S/C17H22N2O2S/c1-5-10(2)18-14(20)13-17(3,4)22-16-12-9-7-6-8-11(12)15(21)19(13)16/h6-10,13,16H,5H2,1-4H3,(H,18,20)/t10-,13-,16+/m0/s1. The molecule has 5 heteroatoms. The van der Waals surface area contributed by atoms with Crippen LogP contribution in [0, 0.1) is 0 Å². The van der Waals surface area contributed by atoms with Gasteiger partial charge in [-0.15, -0.1) is 11.8 Å². The van der Waals surface area contributed by atoms with E-state index >= 15 is 0 Å². The molecule has 22 heavy (non-hydrogen) atoms. The number of hydrogen-bond acceptors (Lipinski definition) is 3. The van der Waals surface area contributed by atoms with Crippen molar-refractivity contribution in [2.45, 2.75) is 56.3 Å². The zero-order valence-electron chi connectivity index (χ0n) is 13.4. The highest BCUT2D eigenvalue weighted by Gasteiger charge is 2.57. The second-order valence-electron chi connectivity index (χ2n) is 6.59. The van der Waals surface area contributed by atoms with Crippen molar-refractivity contribution >= 4 is 23.6 Å². The molecular formula is C17H22N2O2S. The quantitative estimate of drug-likeness (QED) is 0.932. The zero-order valence-corrected chi connectivity index (χ0v) is 14.2. The number of thioether (sulfide) groups is 1. The van der Waals surface area contributed by atoms with E-state index in [1.165, 1.54) is 0 Å². The molecule has 1 aromatic rings. The van der Waals surface area contributed by atoms with Crippen LogP contribution >= 0.6 is 11.8 Å². The lowest BCUT2D eigenvalue weighted by molar-refractivity contribution is -0.126. The Bertz CT molecular complexity index is 629. The van der Waals surface area contributed by atoms with E-state index in [2.05, 4.69) is 5.32 Å². The van der Waals surface area contributed by atoms with Gasteiger partial charge < -0.3 is 10.2 Å². The highest BCUT2D eigenvalue weighted by atomic mass is 32.2. The van der Waals surface area contributed by atoms with Crippen LogP contribution in [0.5, 0.6) is 0 Å². The first-order valence-electron chi connectivity index (χ1n) is 7.76. The van der Waals surface area contributed by atoms with Gasteiger partial charge in [-0.1, -0.05) is 25.1 Å². The van der Waals surface area contributed by atoms with Crippen molar-refractivity contribution in [1.29, 1.82) is 0 Å². The van der Waals surface area contributed by atoms with Crippen LogP contribution in [0.25, 0.3) is 0 Å². The smallest absolute Gasteiger partial charge is 0.256 e. The van der Waals surface area contributed by atoms with Crippen LogP contribution in [0.2, 0.25) is 0 Å². The number of nitrogens with zero attached hydrogens (tertiary/aromatic N) is 1. The van der Waals surface area contributed by atoms with Gasteiger partial charge in [0.05, 0.1) is 0 Å². The molecule has 1 aromatic carbocycles. The molecule has 118 valence electrons. The Balaban J connectivity index is 1.95. The summed E-state index contributed by atoms with van der Waals surface area (Å²) in [5.74, 6) is -0.0708. The highest BCUT2D eigenvalue weighted by molar-refractivity contribution is 8.01. The molecule has 0 aromatic heterocycles. The molecule has 0 saturated carbocycles. The predicted molar refractivity (Wildman–Crippen MR) is 88.7 cm³/mol. The topological polar surface area (TPSA) is 49.4 Å². The lowest BCUT2D eigenvalue weighted by Gasteiger charge is -2.30. The van der Waals surface area contributed by atoms with E-state index in [1.807, 2.05) is 52.0 Å². The Hall–Kier alpha value is -1.49. The Morgan fingerprint density at radius 1 is 1.41 bits per heavy atom. The summed E-state index contributed by atoms with van der Waals surface area (Å²) in [6.45, 7) is 8.13. The van der Waals surface area contributed by atoms with Crippen LogP contribution in [-0.2, 0) is 4.79 Å². The summed E-state index contributed by atoms with van der Waals surface area (Å²) in [4.78, 5) is 27.3. The molecule has 3 atom stereocenters. The molecule has 2 aliphatic heterocycles. The number of carbonyl (C=O) groups is 2. The van der Waals surface area contributed by atoms with E-state index in [4.69, 9.17) is 0 Å². The van der Waals surface area contributed by atoms with Crippen molar-refractivity contribution in [3.63, 3.8) is 0 Å². The van der Waals surface area contributed by atoms with E-state index in [0.717, 1.165) is 17.5 Å². The normalized spacial score (nSPS) is 26.5. The minimum Gasteiger partial charge on any atom is -0.352 e. The van der Waals surface area contributed by atoms with Crippen molar-refractivity contribution in [2.75, 3.05) is 0 Å². The molecule has 1 N–H and O–H groups in total. The number of amides is 2. The maximum absolute atomic E-state index is 12.8. The summed E-state index contributed by atoms with van der Waals surface area (Å²) in [5.41, 5.74) is 1.77. The first-order valence-corrected chi connectivity index (χ1v) is 8.64. The van der Waals surface area contributed by atoms with Crippen molar-refractivity contribution in [1.82, 2.24) is 10.2 Å². The van der Waals surface area contributed by atoms with Crippen molar-refractivity contribution in [2.24, 2.45) is 0 Å². The SMILES string of the molecule is CC[C@H](C)NC(=O)[C@@H]1N2C(=O)c3ccccc3[C@H]2SC1(C)C. The third-order valence-corrected chi connectivity index (χ3v) is 6.08. The number of fused-ring (bicyclic) bond motifs is 3. The molecular weight excluding hydrogens is 296 g/mol. The maximum Gasteiger partial charge on any atom is 0.256 e. The Labute approximate surface area is 135 Å². The predicted octanol–water partition coefficient (Wildman–Crippen LogP) is 2.95. The summed E-state index contributed by atoms with van der Waals surface area (Å²) in [6, 6.07) is 7.37. The lowest BCUT2D eigenvalue weighted by atomic mass is 10.00. The molecule has 4 nitrogen and oxygen atoms in total. The lowest BCUT2D eigenvalue weighted by Crippen LogP contribution is -2.54. The van der Waals surface area contributed by atoms with Crippen LogP contribution in [0.1, 0.15) is 55.4 Å². The van der Waals surface area contributed by atoms with E-state index in [9.17, 15) is 9.59 Å². The van der Waals surface area contributed by atoms with Crippen molar-refractivity contribution < 1.29 is 9.59 Å². The fourth-order valence-electron chi connectivity index (χ4n) is 3.23. The summed E-state index contributed by atoms with van der Waals surface area (Å²) in [7, 11) is 0. The summed E-state index contributed by atoms with van der Waals surface area (Å²) >= 11 is 1.70. The van der Waals surface area contributed by atoms with Crippen LogP contribution < -0.4 is 5.32 Å². The highest BCUT2D eigenvalue weighted by Crippen LogP contribution is 2.56. The largest absolute Gasteiger partial charge is 0.352 e. The number of nitrogens with one attached hydrogen (secondary N) is 1. The van der Waals surface area contributed by atoms with Gasteiger partial charge in [0.1, 0.15) is 11.4 Å². The second kappa shape index (κ2) is 5.30. The van der Waals surface area contributed by atoms with Gasteiger partial charge >= 0.3 is 0 Å². The summed E-state index contributed by atoms with van der Waals surface area (Å²) < 4.78 is -0.300. The minimum atomic E-state index is -0.434. The molecule has 2 amide bonds. The number of benzene rings is 1. The first-order chi connectivity index (χ1) is 10.4. The molecule has 0 aliphatic carbocycles. The Morgan fingerprint density at radius 2 is 2.09 bits per heavy atom. The molecule has 0 radical (unpaired) electrons. The van der Waals surface area contributed by atoms with Gasteiger partial charge in [0.25, 0.3) is 5.91 Å². The molecule has 3 rings (SSSR count). The number of rotatable bonds is 3. The van der Waals surface area contributed by atoms with Gasteiger partial charge in [-0.2, -0.15) is 0 Å². The maximum atomic E-state index is 12.8. The zero-order chi connectivity index (χ0) is 16.1. The molecule has 0 spiro atoms. The molecule has 1 fully saturated rings. The summed E-state index contributed by atoms with van der Waals surface area (Å²) in [6.07, 6.45) is 0.879. The number of carbonyl (C=O) groups excluding carboxylic acids is 2. The van der Waals surface area contributed by atoms with Gasteiger partial charge in [-0.3, -0.25) is 9.59 Å². The van der Waals surface area contributed by atoms with E-state index in [1.54, 1.807) is 16.7 Å². The van der Waals surface area contributed by atoms with Crippen LogP contribution in [-0.4, -0.2) is 33.5 Å². The first kappa shape index (κ1) is 15.4. The minimum absolute atomic E-state index is 0.0250. The number of hydrogen-bond donors (Lipinski definition) is 1. The van der Waals surface area contributed by atoms with Crippen molar-refractivity contribution in [3.05, 3.63) is 35.4 Å². The average Bonchev–Trinajstić information content (AvgIpc) is 2.90. The average molecular weight is 318 g/mol. The van der Waals surface area contributed by atoms with Gasteiger partial charge in [-0.05, 0) is 38.8 Å². The van der Waals surface area contributed by atoms with E-state index in [0.29, 0.717) is 0 Å². The molecule has 1 saturated heterocycles. The second-order valence-corrected chi connectivity index (χ2v) is 8.33.